The predicted octanol–water partition coefficient (Wildman–Crippen LogP) is 5.15. The van der Waals surface area contributed by atoms with Gasteiger partial charge in [-0.2, -0.15) is 0 Å². The molecule has 0 saturated carbocycles. The van der Waals surface area contributed by atoms with Crippen LogP contribution in [-0.2, 0) is 9.47 Å². The maximum Gasteiger partial charge on any atom is 0.189 e. The number of hydrogen-bond acceptors (Lipinski definition) is 5. The summed E-state index contributed by atoms with van der Waals surface area (Å²) in [4.78, 5) is 12.5. The monoisotopic (exact) mass is 452 g/mol. The van der Waals surface area contributed by atoms with Crippen LogP contribution in [0.4, 0.5) is 0 Å². The van der Waals surface area contributed by atoms with Gasteiger partial charge in [-0.25, -0.2) is 0 Å². The second-order valence-electron chi connectivity index (χ2n) is 5.89. The zero-order chi connectivity index (χ0) is 19.4. The molecule has 1 heterocycles. The van der Waals surface area contributed by atoms with Crippen LogP contribution in [0.3, 0.4) is 0 Å². The van der Waals surface area contributed by atoms with Gasteiger partial charge in [-0.05, 0) is 40.1 Å². The Morgan fingerprint density at radius 1 is 1.30 bits per heavy atom. The van der Waals surface area contributed by atoms with Gasteiger partial charge in [-0.3, -0.25) is 4.79 Å². The Kier molecular flexibility index (Phi) is 6.55. The summed E-state index contributed by atoms with van der Waals surface area (Å²) < 4.78 is 16.5. The molecule has 0 atom stereocenters. The van der Waals surface area contributed by atoms with Gasteiger partial charge in [0.1, 0.15) is 10.2 Å². The lowest BCUT2D eigenvalue weighted by atomic mass is 10.1. The van der Waals surface area contributed by atoms with Crippen molar-refractivity contribution in [1.29, 1.82) is 0 Å². The van der Waals surface area contributed by atoms with Crippen molar-refractivity contribution in [2.45, 2.75) is 12.7 Å². The fraction of sp³-hybridized carbons (Fsp3) is 0.250. The molecule has 1 aliphatic rings. The standard InChI is InChI=1S/C20H18BrClO5/c1-25-19-15(22)11-14(18(24)17(19)21)16(23)8-5-12-3-6-13(7-4-12)20-26-9-2-10-27-20/h3-8,11,20,24H,2,9-10H2,1H3/b8-5+. The molecule has 3 rings (SSSR count). The molecule has 1 aliphatic heterocycles. The fourth-order valence-electron chi connectivity index (χ4n) is 2.67. The second-order valence-corrected chi connectivity index (χ2v) is 7.09. The summed E-state index contributed by atoms with van der Waals surface area (Å²) in [6, 6.07) is 8.93. The highest BCUT2D eigenvalue weighted by Crippen LogP contribution is 2.42. The molecule has 2 aromatic carbocycles. The minimum Gasteiger partial charge on any atom is -0.506 e. The van der Waals surface area contributed by atoms with E-state index in [0.29, 0.717) is 13.2 Å². The van der Waals surface area contributed by atoms with E-state index in [1.807, 2.05) is 24.3 Å². The van der Waals surface area contributed by atoms with E-state index >= 15 is 0 Å². The van der Waals surface area contributed by atoms with E-state index in [1.165, 1.54) is 19.3 Å². The van der Waals surface area contributed by atoms with Crippen molar-refractivity contribution in [2.75, 3.05) is 20.3 Å². The number of carbonyl (C=O) groups excluding carboxylic acids is 1. The lowest BCUT2D eigenvalue weighted by Gasteiger charge is -2.23. The number of aromatic hydroxyl groups is 1. The molecular formula is C20H18BrClO5. The van der Waals surface area contributed by atoms with Crippen molar-refractivity contribution < 1.29 is 24.1 Å². The van der Waals surface area contributed by atoms with E-state index in [9.17, 15) is 9.90 Å². The topological polar surface area (TPSA) is 65.0 Å². The van der Waals surface area contributed by atoms with Gasteiger partial charge in [0.2, 0.25) is 0 Å². The van der Waals surface area contributed by atoms with Crippen LogP contribution in [-0.4, -0.2) is 31.2 Å². The molecule has 0 aliphatic carbocycles. The minimum absolute atomic E-state index is 0.0875. The first kappa shape index (κ1) is 19.9. The van der Waals surface area contributed by atoms with Crippen LogP contribution in [0, 0.1) is 0 Å². The first-order valence-electron chi connectivity index (χ1n) is 8.31. The van der Waals surface area contributed by atoms with Gasteiger partial charge in [-0.1, -0.05) is 41.9 Å². The van der Waals surface area contributed by atoms with Crippen LogP contribution in [0.1, 0.15) is 34.2 Å². The average molecular weight is 454 g/mol. The van der Waals surface area contributed by atoms with E-state index in [-0.39, 0.29) is 38.6 Å². The number of phenolic OH excluding ortho intramolecular Hbond substituents is 1. The van der Waals surface area contributed by atoms with Crippen LogP contribution in [0.2, 0.25) is 5.02 Å². The smallest absolute Gasteiger partial charge is 0.189 e. The summed E-state index contributed by atoms with van der Waals surface area (Å²) in [5.41, 5.74) is 1.85. The zero-order valence-corrected chi connectivity index (χ0v) is 16.9. The van der Waals surface area contributed by atoms with Crippen molar-refractivity contribution >= 4 is 39.4 Å². The SMILES string of the molecule is COc1c(Cl)cc(C(=O)/C=C/c2ccc(C3OCCCO3)cc2)c(O)c1Br. The van der Waals surface area contributed by atoms with Gasteiger partial charge in [0.25, 0.3) is 0 Å². The normalized spacial score (nSPS) is 15.2. The van der Waals surface area contributed by atoms with E-state index in [2.05, 4.69) is 15.9 Å². The third kappa shape index (κ3) is 4.52. The molecular weight excluding hydrogens is 436 g/mol. The minimum atomic E-state index is -0.374. The summed E-state index contributed by atoms with van der Waals surface area (Å²) in [5.74, 6) is -0.314. The Labute approximate surface area is 170 Å². The maximum atomic E-state index is 12.5. The summed E-state index contributed by atoms with van der Waals surface area (Å²) in [7, 11) is 1.43. The molecule has 27 heavy (non-hydrogen) atoms. The molecule has 142 valence electrons. The fourth-order valence-corrected chi connectivity index (χ4v) is 3.66. The van der Waals surface area contributed by atoms with E-state index in [1.54, 1.807) is 6.08 Å². The summed E-state index contributed by atoms with van der Waals surface area (Å²) in [6.45, 7) is 1.37. The second kappa shape index (κ2) is 8.89. The molecule has 2 aromatic rings. The Hall–Kier alpha value is -1.86. The highest BCUT2D eigenvalue weighted by atomic mass is 79.9. The maximum absolute atomic E-state index is 12.5. The third-order valence-electron chi connectivity index (χ3n) is 4.08. The molecule has 0 amide bonds. The first-order valence-corrected chi connectivity index (χ1v) is 9.49. The van der Waals surface area contributed by atoms with Gasteiger partial charge in [0.05, 0.1) is 30.9 Å². The highest BCUT2D eigenvalue weighted by molar-refractivity contribution is 9.10. The zero-order valence-electron chi connectivity index (χ0n) is 14.6. The summed E-state index contributed by atoms with van der Waals surface area (Å²) in [5, 5.41) is 10.4. The summed E-state index contributed by atoms with van der Waals surface area (Å²) >= 11 is 9.29. The van der Waals surface area contributed by atoms with Crippen molar-refractivity contribution in [3.05, 3.63) is 62.6 Å². The number of ketones is 1. The summed E-state index contributed by atoms with van der Waals surface area (Å²) in [6.07, 6.45) is 3.61. The molecule has 0 unspecified atom stereocenters. The van der Waals surface area contributed by atoms with Gasteiger partial charge in [0, 0.05) is 5.56 Å². The van der Waals surface area contributed by atoms with Crippen LogP contribution in [0.5, 0.6) is 11.5 Å². The number of benzene rings is 2. The molecule has 0 radical (unpaired) electrons. The number of phenols is 1. The Morgan fingerprint density at radius 3 is 2.59 bits per heavy atom. The van der Waals surface area contributed by atoms with Crippen LogP contribution < -0.4 is 4.74 Å². The van der Waals surface area contributed by atoms with E-state index < -0.39 is 0 Å². The Morgan fingerprint density at radius 2 is 1.96 bits per heavy atom. The van der Waals surface area contributed by atoms with Crippen LogP contribution >= 0.6 is 27.5 Å². The quantitative estimate of drug-likeness (QED) is 0.501. The number of ether oxygens (including phenoxy) is 3. The molecule has 1 N–H and O–H groups in total. The highest BCUT2D eigenvalue weighted by Gasteiger charge is 2.19. The van der Waals surface area contributed by atoms with Crippen molar-refractivity contribution in [3.8, 4) is 11.5 Å². The van der Waals surface area contributed by atoms with Crippen molar-refractivity contribution in [3.63, 3.8) is 0 Å². The number of hydrogen-bond donors (Lipinski definition) is 1. The van der Waals surface area contributed by atoms with Crippen LogP contribution in [0.25, 0.3) is 6.08 Å². The largest absolute Gasteiger partial charge is 0.506 e. The van der Waals surface area contributed by atoms with Crippen molar-refractivity contribution in [1.82, 2.24) is 0 Å². The third-order valence-corrected chi connectivity index (χ3v) is 5.10. The number of rotatable bonds is 5. The molecule has 1 fully saturated rings. The number of methoxy groups -OCH3 is 1. The molecule has 0 aromatic heterocycles. The van der Waals surface area contributed by atoms with Gasteiger partial charge < -0.3 is 19.3 Å². The molecule has 0 spiro atoms. The lowest BCUT2D eigenvalue weighted by molar-refractivity contribution is -0.183. The van der Waals surface area contributed by atoms with Gasteiger partial charge >= 0.3 is 0 Å². The lowest BCUT2D eigenvalue weighted by Crippen LogP contribution is -2.17. The first-order chi connectivity index (χ1) is 13.0. The van der Waals surface area contributed by atoms with Crippen LogP contribution in [0.15, 0.2) is 40.9 Å². The number of carbonyl (C=O) groups is 1. The van der Waals surface area contributed by atoms with Gasteiger partial charge in [0.15, 0.2) is 17.8 Å². The molecule has 1 saturated heterocycles. The van der Waals surface area contributed by atoms with Crippen molar-refractivity contribution in [2.24, 2.45) is 0 Å². The number of halogens is 2. The Balaban J connectivity index is 1.75. The Bertz CT molecular complexity index is 858. The predicted molar refractivity (Wildman–Crippen MR) is 106 cm³/mol. The van der Waals surface area contributed by atoms with Gasteiger partial charge in [-0.15, -0.1) is 0 Å². The molecule has 0 bridgehead atoms. The van der Waals surface area contributed by atoms with E-state index in [4.69, 9.17) is 25.8 Å². The molecule has 5 nitrogen and oxygen atoms in total. The average Bonchev–Trinajstić information content (AvgIpc) is 2.70. The number of allylic oxidation sites excluding steroid dienone is 1. The molecule has 7 heteroatoms. The van der Waals surface area contributed by atoms with E-state index in [0.717, 1.165) is 17.5 Å².